The largest absolute Gasteiger partial charge is 0.387 e. The van der Waals surface area contributed by atoms with Crippen molar-refractivity contribution in [1.29, 1.82) is 0 Å². The predicted octanol–water partition coefficient (Wildman–Crippen LogP) is -0.749. The number of H-pyrrole nitrogens is 1. The van der Waals surface area contributed by atoms with Gasteiger partial charge in [0.1, 0.15) is 60.3 Å². The molecule has 15 N–H and O–H groups in total. The summed E-state index contributed by atoms with van der Waals surface area (Å²) < 4.78 is 50.0. The van der Waals surface area contributed by atoms with E-state index in [1.165, 1.54) is 17.2 Å². The van der Waals surface area contributed by atoms with Crippen molar-refractivity contribution in [2.45, 2.75) is 49.1 Å². The van der Waals surface area contributed by atoms with Crippen molar-refractivity contribution in [3.05, 3.63) is 29.5 Å². The molecule has 3 aliphatic rings. The molecular weight excluding hydrogens is 710 g/mol. The van der Waals surface area contributed by atoms with Crippen LogP contribution in [0.1, 0.15) is 12.5 Å². The molecule has 0 saturated carbocycles. The minimum absolute atomic E-state index is 0. The molecule has 0 spiro atoms. The van der Waals surface area contributed by atoms with Crippen LogP contribution in [0.15, 0.2) is 23.8 Å². The van der Waals surface area contributed by atoms with Gasteiger partial charge in [-0.3, -0.25) is 18.1 Å². The van der Waals surface area contributed by atoms with Gasteiger partial charge in [-0.25, -0.2) is 38.8 Å². The number of aliphatic hydroxyl groups excluding tert-OH is 2. The van der Waals surface area contributed by atoms with E-state index in [0.29, 0.717) is 0 Å². The average molecular weight is 742 g/mol. The highest BCUT2D eigenvalue weighted by Gasteiger charge is 2.53. The molecule has 23 nitrogen and oxygen atoms in total. The highest BCUT2D eigenvalue weighted by molar-refractivity contribution is 8.44. The maximum atomic E-state index is 13.4. The fourth-order valence-corrected chi connectivity index (χ4v) is 8.25. The Morgan fingerprint density at radius 2 is 1.60 bits per heavy atom. The van der Waals surface area contributed by atoms with Gasteiger partial charge in [0.25, 0.3) is 0 Å². The summed E-state index contributed by atoms with van der Waals surface area (Å²) in [6.07, 6.45) is -7.76. The molecule has 10 atom stereocenters. The van der Waals surface area contributed by atoms with Gasteiger partial charge >= 0.3 is 19.2 Å². The van der Waals surface area contributed by atoms with Crippen LogP contribution in [0.3, 0.4) is 0 Å². The third-order valence-electron chi connectivity index (χ3n) is 7.39. The Balaban J connectivity index is 0.00000217. The molecule has 27 heteroatoms. The highest BCUT2D eigenvalue weighted by atomic mass is 32.7. The Labute approximate surface area is 273 Å². The number of ether oxygens (including phenoxy) is 2. The van der Waals surface area contributed by atoms with Crippen LogP contribution in [0, 0.1) is 0 Å². The van der Waals surface area contributed by atoms with E-state index in [9.17, 15) is 24.5 Å². The van der Waals surface area contributed by atoms with E-state index in [4.69, 9.17) is 50.8 Å². The van der Waals surface area contributed by atoms with Gasteiger partial charge in [0.2, 0.25) is 0 Å². The van der Waals surface area contributed by atoms with Gasteiger partial charge in [0.05, 0.1) is 19.5 Å². The number of nitrogens with one attached hydrogen (secondary N) is 1. The summed E-state index contributed by atoms with van der Waals surface area (Å²) >= 11 is 9.28. The number of aliphatic hydroxyl groups is 2. The lowest BCUT2D eigenvalue weighted by Crippen LogP contribution is -2.37. The number of thiol groups is 1. The first-order valence-corrected chi connectivity index (χ1v) is 18.2. The van der Waals surface area contributed by atoms with E-state index in [0.717, 1.165) is 10.9 Å². The summed E-state index contributed by atoms with van der Waals surface area (Å²) in [4.78, 5) is 46.7. The molecule has 4 aromatic heterocycles. The number of quaternary nitrogens is 1. The van der Waals surface area contributed by atoms with E-state index >= 15 is 0 Å². The van der Waals surface area contributed by atoms with Crippen LogP contribution >= 0.6 is 25.8 Å². The summed E-state index contributed by atoms with van der Waals surface area (Å²) in [7, 11) is 0. The molecule has 3 aliphatic heterocycles. The number of imidazole rings is 2. The van der Waals surface area contributed by atoms with Crippen LogP contribution in [0.4, 0.5) is 11.6 Å². The second-order valence-corrected chi connectivity index (χ2v) is 15.8. The van der Waals surface area contributed by atoms with Crippen LogP contribution in [0.25, 0.3) is 22.3 Å². The van der Waals surface area contributed by atoms with E-state index in [-0.39, 0.29) is 46.3 Å². The number of nitrogen functional groups attached to an aromatic ring is 2. The van der Waals surface area contributed by atoms with Gasteiger partial charge < -0.3 is 57.9 Å². The molecular formula is C20H31N12O11P2S2+. The topological polar surface area (TPSA) is 364 Å². The van der Waals surface area contributed by atoms with Crippen molar-refractivity contribution >= 4 is 71.5 Å². The number of aromatic nitrogens is 8. The normalized spacial score (nSPS) is 36.1. The van der Waals surface area contributed by atoms with Crippen LogP contribution in [-0.2, 0) is 43.9 Å². The van der Waals surface area contributed by atoms with Crippen molar-refractivity contribution in [2.75, 3.05) is 24.7 Å². The van der Waals surface area contributed by atoms with Gasteiger partial charge in [-0.15, -0.1) is 0 Å². The highest BCUT2D eigenvalue weighted by Crippen LogP contribution is 2.58. The zero-order chi connectivity index (χ0) is 31.8. The fraction of sp³-hybridized carbons (Fsp3) is 0.500. The zero-order valence-electron chi connectivity index (χ0n) is 24.1. The van der Waals surface area contributed by atoms with Gasteiger partial charge in [0, 0.05) is 0 Å². The average Bonchev–Trinajstić information content (AvgIpc) is 3.71. The molecule has 258 valence electrons. The van der Waals surface area contributed by atoms with E-state index in [1.54, 1.807) is 0 Å². The van der Waals surface area contributed by atoms with Gasteiger partial charge in [0.15, 0.2) is 35.4 Å². The first-order chi connectivity index (χ1) is 21.3. The van der Waals surface area contributed by atoms with Crippen LogP contribution in [-0.4, -0.2) is 104 Å². The SMILES string of the molecule is N.Nc1ncnc2c1ncn2[C@@H]1O[C@@H]2COP(O)(=S)O[C@@H]3[C@H](O)[C@@H](COP(=O)(S)O[C@H]2[C@H]1O)O[C@H]3n1c(=O)[nH]c2c(N)ncnc21.[NH4+]. The Kier molecular flexibility index (Phi) is 9.81. The maximum Gasteiger partial charge on any atom is 0.386 e. The number of hydrogen-bond donors (Lipinski definition) is 9. The Bertz CT molecular complexity index is 1950. The smallest absolute Gasteiger partial charge is 0.386 e. The van der Waals surface area contributed by atoms with E-state index < -0.39 is 81.5 Å². The molecule has 3 saturated heterocycles. The van der Waals surface area contributed by atoms with Crippen LogP contribution in [0.2, 0.25) is 0 Å². The van der Waals surface area contributed by atoms with Gasteiger partial charge in [-0.1, -0.05) is 12.2 Å². The number of hydrogen-bond acceptors (Lipinski definition) is 19. The van der Waals surface area contributed by atoms with Crippen molar-refractivity contribution in [2.24, 2.45) is 0 Å². The van der Waals surface area contributed by atoms with Gasteiger partial charge in [-0.2, -0.15) is 0 Å². The summed E-state index contributed by atoms with van der Waals surface area (Å²) in [6, 6.07) is 0. The lowest BCUT2D eigenvalue weighted by Gasteiger charge is -2.27. The molecule has 2 unspecified atom stereocenters. The van der Waals surface area contributed by atoms with Crippen molar-refractivity contribution in [3.8, 4) is 0 Å². The van der Waals surface area contributed by atoms with Crippen LogP contribution in [0.5, 0.6) is 0 Å². The standard InChI is InChI=1S/C20H24N10O11P2S2.2H3N/c21-14-8-16(25-3-23-14)29(5-27-8)18-11(32)12-7(39-18)2-37-43(35,45)41-13-10(31)6(1-36-42(34,44)40-12)38-19(13)30-17-9(28-20(30)33)15(22)24-4-26-17;;/h3-7,10-13,18-19,31-32H,1-2H2,(H,28,33)(H,34,44)(H,35,45)(H2,21,23,25)(H2,22,24,26);2*1H3/p+1/t6-,7-,10-,11-,12-,13-,18-,19-,42?,43?;;/m1../s1. The molecule has 0 amide bonds. The van der Waals surface area contributed by atoms with E-state index in [2.05, 4.69) is 42.2 Å². The number of fused-ring (bicyclic) bond motifs is 5. The minimum Gasteiger partial charge on any atom is -0.387 e. The fourth-order valence-electron chi connectivity index (χ4n) is 5.34. The predicted molar refractivity (Wildman–Crippen MR) is 168 cm³/mol. The molecule has 0 aliphatic carbocycles. The number of nitrogens with zero attached hydrogens (tertiary/aromatic N) is 7. The summed E-state index contributed by atoms with van der Waals surface area (Å²) in [5.41, 5.74) is 11.5. The third-order valence-corrected chi connectivity index (χ3v) is 10.6. The number of nitrogens with two attached hydrogens (primary N) is 2. The first kappa shape index (κ1) is 35.6. The molecule has 0 radical (unpaired) electrons. The lowest BCUT2D eigenvalue weighted by atomic mass is 10.1. The third kappa shape index (κ3) is 6.29. The van der Waals surface area contributed by atoms with Crippen molar-refractivity contribution < 1.29 is 47.2 Å². The quantitative estimate of drug-likeness (QED) is 0.0901. The molecule has 7 rings (SSSR count). The number of aromatic amines is 1. The molecule has 4 aromatic rings. The van der Waals surface area contributed by atoms with Crippen molar-refractivity contribution in [1.82, 2.24) is 51.3 Å². The Morgan fingerprint density at radius 3 is 2.34 bits per heavy atom. The maximum absolute atomic E-state index is 13.4. The molecule has 7 heterocycles. The zero-order valence-corrected chi connectivity index (χ0v) is 27.6. The van der Waals surface area contributed by atoms with Crippen LogP contribution < -0.4 is 29.5 Å². The first-order valence-electron chi connectivity index (χ1n) is 13.0. The lowest BCUT2D eigenvalue weighted by molar-refractivity contribution is -0.0602. The minimum atomic E-state index is -4.34. The van der Waals surface area contributed by atoms with E-state index in [1.807, 2.05) is 0 Å². The van der Waals surface area contributed by atoms with Gasteiger partial charge in [-0.05, 0) is 11.8 Å². The summed E-state index contributed by atoms with van der Waals surface area (Å²) in [5.74, 6) is 0.0479. The Hall–Kier alpha value is -2.71. The summed E-state index contributed by atoms with van der Waals surface area (Å²) in [6.45, 7) is -9.80. The number of rotatable bonds is 2. The second kappa shape index (κ2) is 13.0. The molecule has 2 bridgehead atoms. The Morgan fingerprint density at radius 1 is 0.936 bits per heavy atom. The monoisotopic (exact) mass is 741 g/mol. The molecule has 0 aromatic carbocycles. The molecule has 3 fully saturated rings. The van der Waals surface area contributed by atoms with Crippen molar-refractivity contribution in [3.63, 3.8) is 0 Å². The summed E-state index contributed by atoms with van der Waals surface area (Å²) in [5, 5.41) is 22.4. The number of anilines is 2. The second-order valence-electron chi connectivity index (χ2n) is 10.1. The molecule has 47 heavy (non-hydrogen) atoms.